The first-order valence-electron chi connectivity index (χ1n) is 10.9. The second-order valence-corrected chi connectivity index (χ2v) is 9.41. The highest BCUT2D eigenvalue weighted by molar-refractivity contribution is 8.00. The van der Waals surface area contributed by atoms with Crippen LogP contribution in [0.3, 0.4) is 0 Å². The third kappa shape index (κ3) is 6.56. The molecule has 0 spiro atoms. The average Bonchev–Trinajstić information content (AvgIpc) is 2.77. The lowest BCUT2D eigenvalue weighted by Crippen LogP contribution is -2.49. The van der Waals surface area contributed by atoms with Crippen molar-refractivity contribution in [2.24, 2.45) is 4.99 Å². The Labute approximate surface area is 183 Å². The molecular formula is C22H34F2N4OS. The SMILES string of the molecule is CCNC(=NCC1(SC)CCOCC1)NC1CCN(Cc2ccc(F)c(F)c2)CC1. The standard InChI is InChI=1S/C22H34F2N4OS/c1-3-25-21(26-16-22(30-2)8-12-29-13-9-22)27-18-6-10-28(11-7-18)15-17-4-5-19(23)20(24)14-17/h4-5,14,18H,3,6-13,15-16H2,1-2H3,(H2,25,26,27). The predicted molar refractivity (Wildman–Crippen MR) is 120 cm³/mol. The van der Waals surface area contributed by atoms with Gasteiger partial charge in [0.15, 0.2) is 17.6 Å². The molecule has 1 aromatic rings. The minimum Gasteiger partial charge on any atom is -0.381 e. The van der Waals surface area contributed by atoms with Gasteiger partial charge in [-0.05, 0) is 56.6 Å². The number of ether oxygens (including phenoxy) is 1. The van der Waals surface area contributed by atoms with Crippen LogP contribution in [0.5, 0.6) is 0 Å². The summed E-state index contributed by atoms with van der Waals surface area (Å²) in [6.07, 6.45) is 6.24. The van der Waals surface area contributed by atoms with Crippen LogP contribution in [0.15, 0.2) is 23.2 Å². The van der Waals surface area contributed by atoms with E-state index < -0.39 is 11.6 Å². The fourth-order valence-corrected chi connectivity index (χ4v) is 4.81. The number of halogens is 2. The Kier molecular flexibility index (Phi) is 8.77. The lowest BCUT2D eigenvalue weighted by Gasteiger charge is -2.35. The molecule has 2 aliphatic rings. The number of nitrogens with one attached hydrogen (secondary N) is 2. The van der Waals surface area contributed by atoms with E-state index >= 15 is 0 Å². The second kappa shape index (κ2) is 11.3. The summed E-state index contributed by atoms with van der Waals surface area (Å²) in [5.74, 6) is -0.680. The molecule has 0 radical (unpaired) electrons. The zero-order valence-electron chi connectivity index (χ0n) is 18.1. The van der Waals surface area contributed by atoms with Crippen molar-refractivity contribution in [2.75, 3.05) is 45.6 Å². The van der Waals surface area contributed by atoms with Gasteiger partial charge in [-0.15, -0.1) is 0 Å². The highest BCUT2D eigenvalue weighted by Gasteiger charge is 2.31. The van der Waals surface area contributed by atoms with Crippen LogP contribution in [0.4, 0.5) is 8.78 Å². The van der Waals surface area contributed by atoms with Gasteiger partial charge in [0.1, 0.15) is 0 Å². The van der Waals surface area contributed by atoms with Gasteiger partial charge in [0.2, 0.25) is 0 Å². The van der Waals surface area contributed by atoms with Crippen LogP contribution in [-0.2, 0) is 11.3 Å². The Bertz CT molecular complexity index is 704. The fourth-order valence-electron chi connectivity index (χ4n) is 4.04. The van der Waals surface area contributed by atoms with E-state index in [4.69, 9.17) is 9.73 Å². The van der Waals surface area contributed by atoms with Crippen LogP contribution >= 0.6 is 11.8 Å². The van der Waals surface area contributed by atoms with E-state index in [-0.39, 0.29) is 4.75 Å². The van der Waals surface area contributed by atoms with E-state index in [0.29, 0.717) is 12.6 Å². The molecule has 0 aliphatic carbocycles. The lowest BCUT2D eigenvalue weighted by molar-refractivity contribution is 0.0794. The molecule has 1 aromatic carbocycles. The maximum Gasteiger partial charge on any atom is 0.191 e. The number of hydrogen-bond acceptors (Lipinski definition) is 4. The van der Waals surface area contributed by atoms with E-state index in [2.05, 4.69) is 28.7 Å². The first kappa shape index (κ1) is 23.3. The molecule has 2 aliphatic heterocycles. The highest BCUT2D eigenvalue weighted by Crippen LogP contribution is 2.34. The van der Waals surface area contributed by atoms with Crippen LogP contribution in [0.1, 0.15) is 38.2 Å². The summed E-state index contributed by atoms with van der Waals surface area (Å²) >= 11 is 1.90. The van der Waals surface area contributed by atoms with Gasteiger partial charge < -0.3 is 15.4 Å². The molecule has 8 heteroatoms. The molecule has 2 saturated heterocycles. The first-order chi connectivity index (χ1) is 14.5. The van der Waals surface area contributed by atoms with Gasteiger partial charge in [0, 0.05) is 50.2 Å². The molecule has 0 saturated carbocycles. The normalized spacial score (nSPS) is 20.9. The Morgan fingerprint density at radius 1 is 1.23 bits per heavy atom. The quantitative estimate of drug-likeness (QED) is 0.503. The van der Waals surface area contributed by atoms with Gasteiger partial charge in [0.05, 0.1) is 6.54 Å². The average molecular weight is 441 g/mol. The first-order valence-corrected chi connectivity index (χ1v) is 12.1. The summed E-state index contributed by atoms with van der Waals surface area (Å²) in [4.78, 5) is 7.20. The summed E-state index contributed by atoms with van der Waals surface area (Å²) < 4.78 is 32.3. The predicted octanol–water partition coefficient (Wildman–Crippen LogP) is 3.40. The summed E-state index contributed by atoms with van der Waals surface area (Å²) in [7, 11) is 0. The molecule has 5 nitrogen and oxygen atoms in total. The van der Waals surface area contributed by atoms with Gasteiger partial charge in [0.25, 0.3) is 0 Å². The summed E-state index contributed by atoms with van der Waals surface area (Å²) in [5, 5.41) is 6.98. The van der Waals surface area contributed by atoms with E-state index in [9.17, 15) is 8.78 Å². The van der Waals surface area contributed by atoms with Gasteiger partial charge in [-0.3, -0.25) is 9.89 Å². The summed E-state index contributed by atoms with van der Waals surface area (Å²) in [6.45, 7) is 7.83. The van der Waals surface area contributed by atoms with E-state index in [1.807, 2.05) is 11.8 Å². The van der Waals surface area contributed by atoms with Crippen molar-refractivity contribution in [3.8, 4) is 0 Å². The zero-order valence-corrected chi connectivity index (χ0v) is 18.9. The highest BCUT2D eigenvalue weighted by atomic mass is 32.2. The number of thioether (sulfide) groups is 1. The maximum atomic E-state index is 13.4. The molecule has 3 rings (SSSR count). The monoisotopic (exact) mass is 440 g/mol. The van der Waals surface area contributed by atoms with Gasteiger partial charge >= 0.3 is 0 Å². The molecule has 0 atom stereocenters. The van der Waals surface area contributed by atoms with Crippen molar-refractivity contribution in [2.45, 2.75) is 49.9 Å². The second-order valence-electron chi connectivity index (χ2n) is 8.14. The minimum absolute atomic E-state index is 0.175. The Morgan fingerprint density at radius 3 is 2.60 bits per heavy atom. The van der Waals surface area contributed by atoms with Crippen molar-refractivity contribution < 1.29 is 13.5 Å². The van der Waals surface area contributed by atoms with Crippen molar-refractivity contribution in [1.29, 1.82) is 0 Å². The topological polar surface area (TPSA) is 48.9 Å². The number of hydrogen-bond donors (Lipinski definition) is 2. The minimum atomic E-state index is -0.791. The molecule has 30 heavy (non-hydrogen) atoms. The van der Waals surface area contributed by atoms with Gasteiger partial charge in [-0.2, -0.15) is 11.8 Å². The van der Waals surface area contributed by atoms with E-state index in [1.54, 1.807) is 6.07 Å². The van der Waals surface area contributed by atoms with Crippen molar-refractivity contribution in [3.05, 3.63) is 35.4 Å². The number of likely N-dealkylation sites (tertiary alicyclic amines) is 1. The maximum absolute atomic E-state index is 13.4. The van der Waals surface area contributed by atoms with Crippen molar-refractivity contribution in [3.63, 3.8) is 0 Å². The Hall–Kier alpha value is -1.38. The van der Waals surface area contributed by atoms with Crippen molar-refractivity contribution in [1.82, 2.24) is 15.5 Å². The fraction of sp³-hybridized carbons (Fsp3) is 0.682. The number of aliphatic imine (C=N–C) groups is 1. The number of piperidine rings is 1. The molecule has 2 heterocycles. The zero-order chi connectivity index (χ0) is 21.4. The molecule has 0 aromatic heterocycles. The largest absolute Gasteiger partial charge is 0.381 e. The summed E-state index contributed by atoms with van der Waals surface area (Å²) in [6, 6.07) is 4.53. The molecule has 168 valence electrons. The van der Waals surface area contributed by atoms with E-state index in [1.165, 1.54) is 12.1 Å². The number of nitrogens with zero attached hydrogens (tertiary/aromatic N) is 2. The van der Waals surface area contributed by atoms with E-state index in [0.717, 1.165) is 76.6 Å². The van der Waals surface area contributed by atoms with Crippen LogP contribution in [0.25, 0.3) is 0 Å². The molecule has 0 amide bonds. The van der Waals surface area contributed by atoms with Crippen molar-refractivity contribution >= 4 is 17.7 Å². The van der Waals surface area contributed by atoms with Crippen LogP contribution in [0.2, 0.25) is 0 Å². The number of benzene rings is 1. The smallest absolute Gasteiger partial charge is 0.191 e. The lowest BCUT2D eigenvalue weighted by atomic mass is 9.99. The van der Waals surface area contributed by atoms with Crippen LogP contribution in [-0.4, -0.2) is 67.3 Å². The molecular weight excluding hydrogens is 406 g/mol. The van der Waals surface area contributed by atoms with Crippen LogP contribution < -0.4 is 10.6 Å². The third-order valence-electron chi connectivity index (χ3n) is 6.03. The third-order valence-corrected chi connectivity index (χ3v) is 7.43. The number of guanidine groups is 1. The molecule has 2 fully saturated rings. The van der Waals surface area contributed by atoms with Gasteiger partial charge in [-0.25, -0.2) is 8.78 Å². The Morgan fingerprint density at radius 2 is 1.97 bits per heavy atom. The van der Waals surface area contributed by atoms with Crippen LogP contribution in [0, 0.1) is 11.6 Å². The number of rotatable bonds is 7. The molecule has 0 unspecified atom stereocenters. The molecule has 0 bridgehead atoms. The van der Waals surface area contributed by atoms with Gasteiger partial charge in [-0.1, -0.05) is 6.07 Å². The Balaban J connectivity index is 1.50. The molecule has 2 N–H and O–H groups in total. The summed E-state index contributed by atoms with van der Waals surface area (Å²) in [5.41, 5.74) is 0.814.